The standard InChI is InChI=1S/C5H10.CH5N/c1-3-5-4-2;1-2/h3,5H,4H2,1-2H3;2H2,1H3/b5-3-;. The van der Waals surface area contributed by atoms with Crippen LogP contribution in [0.3, 0.4) is 0 Å². The maximum absolute atomic E-state index is 4.50. The molecule has 0 unspecified atom stereocenters. The highest BCUT2D eigenvalue weighted by Crippen LogP contribution is 1.73. The van der Waals surface area contributed by atoms with Gasteiger partial charge in [-0.15, -0.1) is 0 Å². The van der Waals surface area contributed by atoms with Crippen LogP contribution in [0.15, 0.2) is 12.2 Å². The summed E-state index contributed by atoms with van der Waals surface area (Å²) in [6, 6.07) is 0. The lowest BCUT2D eigenvalue weighted by Crippen LogP contribution is -1.69. The van der Waals surface area contributed by atoms with Gasteiger partial charge in [-0.3, -0.25) is 0 Å². The summed E-state index contributed by atoms with van der Waals surface area (Å²) < 4.78 is 0. The van der Waals surface area contributed by atoms with Gasteiger partial charge in [0.1, 0.15) is 0 Å². The van der Waals surface area contributed by atoms with Crippen molar-refractivity contribution in [2.75, 3.05) is 7.05 Å². The zero-order chi connectivity index (χ0) is 6.12. The Bertz CT molecular complexity index is 31.2. The monoisotopic (exact) mass is 101 g/mol. The summed E-state index contributed by atoms with van der Waals surface area (Å²) in [5.41, 5.74) is 4.50. The zero-order valence-electron chi connectivity index (χ0n) is 5.44. The van der Waals surface area contributed by atoms with Crippen LogP contribution in [-0.4, -0.2) is 7.05 Å². The molecule has 0 bridgehead atoms. The van der Waals surface area contributed by atoms with E-state index in [1.807, 2.05) is 6.92 Å². The van der Waals surface area contributed by atoms with E-state index in [-0.39, 0.29) is 0 Å². The molecule has 0 aromatic heterocycles. The molecule has 0 aliphatic heterocycles. The quantitative estimate of drug-likeness (QED) is 0.498. The number of nitrogens with two attached hydrogens (primary N) is 1. The van der Waals surface area contributed by atoms with Crippen LogP contribution in [0.4, 0.5) is 0 Å². The largest absolute Gasteiger partial charge is 0.333 e. The first-order chi connectivity index (χ1) is 3.41. The highest BCUT2D eigenvalue weighted by Gasteiger charge is 1.52. The summed E-state index contributed by atoms with van der Waals surface area (Å²) in [5.74, 6) is 0. The van der Waals surface area contributed by atoms with Gasteiger partial charge in [0.2, 0.25) is 0 Å². The van der Waals surface area contributed by atoms with Crippen molar-refractivity contribution in [3.63, 3.8) is 0 Å². The fraction of sp³-hybridized carbons (Fsp3) is 0.667. The minimum atomic E-state index is 1.16. The molecular weight excluding hydrogens is 86.1 g/mol. The lowest BCUT2D eigenvalue weighted by atomic mass is 10.4. The molecule has 2 N–H and O–H groups in total. The van der Waals surface area contributed by atoms with E-state index in [2.05, 4.69) is 24.8 Å². The maximum Gasteiger partial charge on any atom is -0.0195 e. The Hall–Kier alpha value is -0.300. The van der Waals surface area contributed by atoms with Crippen LogP contribution >= 0.6 is 0 Å². The summed E-state index contributed by atoms with van der Waals surface area (Å²) in [5, 5.41) is 0. The first-order valence-electron chi connectivity index (χ1n) is 2.60. The average molecular weight is 101 g/mol. The number of hydrogen-bond acceptors (Lipinski definition) is 1. The van der Waals surface area contributed by atoms with Gasteiger partial charge in [-0.25, -0.2) is 0 Å². The summed E-state index contributed by atoms with van der Waals surface area (Å²) in [6.07, 6.45) is 5.34. The fourth-order valence-electron chi connectivity index (χ4n) is 0.236. The summed E-state index contributed by atoms with van der Waals surface area (Å²) in [6.45, 7) is 4.16. The third-order valence-electron chi connectivity index (χ3n) is 0.471. The highest BCUT2D eigenvalue weighted by atomic mass is 14.4. The molecule has 0 saturated heterocycles. The molecule has 1 heteroatoms. The predicted molar refractivity (Wildman–Crippen MR) is 35.2 cm³/mol. The Morgan fingerprint density at radius 1 is 1.43 bits per heavy atom. The number of hydrogen-bond donors (Lipinski definition) is 1. The first kappa shape index (κ1) is 9.85. The van der Waals surface area contributed by atoms with Crippen molar-refractivity contribution in [2.45, 2.75) is 20.3 Å². The van der Waals surface area contributed by atoms with Crippen LogP contribution in [-0.2, 0) is 0 Å². The minimum absolute atomic E-state index is 1.16. The van der Waals surface area contributed by atoms with Gasteiger partial charge < -0.3 is 5.73 Å². The Morgan fingerprint density at radius 2 is 1.86 bits per heavy atom. The van der Waals surface area contributed by atoms with E-state index in [1.165, 1.54) is 7.05 Å². The van der Waals surface area contributed by atoms with Crippen LogP contribution in [0, 0.1) is 0 Å². The van der Waals surface area contributed by atoms with Crippen LogP contribution in [0.25, 0.3) is 0 Å². The van der Waals surface area contributed by atoms with E-state index in [9.17, 15) is 0 Å². The molecule has 1 nitrogen and oxygen atoms in total. The minimum Gasteiger partial charge on any atom is -0.333 e. The van der Waals surface area contributed by atoms with Crippen molar-refractivity contribution < 1.29 is 0 Å². The normalized spacial score (nSPS) is 8.00. The summed E-state index contributed by atoms with van der Waals surface area (Å²) >= 11 is 0. The van der Waals surface area contributed by atoms with Crippen molar-refractivity contribution in [2.24, 2.45) is 5.73 Å². The molecule has 0 rings (SSSR count). The second-order valence-electron chi connectivity index (χ2n) is 0.977. The number of rotatable bonds is 1. The van der Waals surface area contributed by atoms with Gasteiger partial charge in [0, 0.05) is 0 Å². The van der Waals surface area contributed by atoms with Gasteiger partial charge in [0.25, 0.3) is 0 Å². The second kappa shape index (κ2) is 17.3. The Labute approximate surface area is 46.2 Å². The Balaban J connectivity index is 0. The van der Waals surface area contributed by atoms with Gasteiger partial charge >= 0.3 is 0 Å². The molecule has 7 heavy (non-hydrogen) atoms. The van der Waals surface area contributed by atoms with Crippen molar-refractivity contribution >= 4 is 0 Å². The van der Waals surface area contributed by atoms with Gasteiger partial charge in [-0.1, -0.05) is 19.1 Å². The predicted octanol–water partition coefficient (Wildman–Crippen LogP) is 1.55. The van der Waals surface area contributed by atoms with Crippen molar-refractivity contribution in [3.8, 4) is 0 Å². The molecule has 0 fully saturated rings. The summed E-state index contributed by atoms with van der Waals surface area (Å²) in [4.78, 5) is 0. The lowest BCUT2D eigenvalue weighted by Gasteiger charge is -1.65. The fourth-order valence-corrected chi connectivity index (χ4v) is 0.236. The first-order valence-corrected chi connectivity index (χ1v) is 2.60. The molecule has 0 spiro atoms. The molecular formula is C6H15N. The smallest absolute Gasteiger partial charge is 0.0195 e. The topological polar surface area (TPSA) is 26.0 Å². The van der Waals surface area contributed by atoms with E-state index in [1.54, 1.807) is 0 Å². The molecule has 0 radical (unpaired) electrons. The molecule has 0 aliphatic carbocycles. The van der Waals surface area contributed by atoms with E-state index in [0.29, 0.717) is 0 Å². The molecule has 0 aromatic carbocycles. The van der Waals surface area contributed by atoms with Gasteiger partial charge in [-0.05, 0) is 20.4 Å². The number of allylic oxidation sites excluding steroid dienone is 2. The van der Waals surface area contributed by atoms with Crippen molar-refractivity contribution in [1.82, 2.24) is 0 Å². The van der Waals surface area contributed by atoms with Gasteiger partial charge in [0.15, 0.2) is 0 Å². The molecule has 0 amide bonds. The third-order valence-corrected chi connectivity index (χ3v) is 0.471. The maximum atomic E-state index is 4.50. The van der Waals surface area contributed by atoms with Gasteiger partial charge in [-0.2, -0.15) is 0 Å². The van der Waals surface area contributed by atoms with Crippen molar-refractivity contribution in [3.05, 3.63) is 12.2 Å². The van der Waals surface area contributed by atoms with Gasteiger partial charge in [0.05, 0.1) is 0 Å². The molecule has 0 saturated carbocycles. The summed E-state index contributed by atoms with van der Waals surface area (Å²) in [7, 11) is 1.50. The third kappa shape index (κ3) is 27.0. The lowest BCUT2D eigenvalue weighted by molar-refractivity contribution is 1.22. The Morgan fingerprint density at radius 3 is 1.86 bits per heavy atom. The second-order valence-corrected chi connectivity index (χ2v) is 0.977. The zero-order valence-corrected chi connectivity index (χ0v) is 5.44. The molecule has 0 aliphatic rings. The SMILES string of the molecule is C/C=C\CC.CN. The molecule has 0 heterocycles. The van der Waals surface area contributed by atoms with Crippen LogP contribution in [0.1, 0.15) is 20.3 Å². The van der Waals surface area contributed by atoms with Crippen LogP contribution in [0.5, 0.6) is 0 Å². The van der Waals surface area contributed by atoms with E-state index >= 15 is 0 Å². The van der Waals surface area contributed by atoms with Crippen LogP contribution < -0.4 is 5.73 Å². The molecule has 44 valence electrons. The van der Waals surface area contributed by atoms with E-state index in [4.69, 9.17) is 0 Å². The van der Waals surface area contributed by atoms with E-state index in [0.717, 1.165) is 6.42 Å². The molecule has 0 atom stereocenters. The molecule has 0 aromatic rings. The van der Waals surface area contributed by atoms with E-state index < -0.39 is 0 Å². The average Bonchev–Trinajstić information content (AvgIpc) is 1.75. The van der Waals surface area contributed by atoms with Crippen LogP contribution in [0.2, 0.25) is 0 Å². The highest BCUT2D eigenvalue weighted by molar-refractivity contribution is 4.73. The van der Waals surface area contributed by atoms with Crippen molar-refractivity contribution in [1.29, 1.82) is 0 Å². The Kier molecular flexibility index (Phi) is 24.3.